The van der Waals surface area contributed by atoms with Crippen LogP contribution in [0.5, 0.6) is 0 Å². The summed E-state index contributed by atoms with van der Waals surface area (Å²) in [6, 6.07) is 13.8. The Morgan fingerprint density at radius 1 is 1.22 bits per heavy atom. The number of hydrogen-bond acceptors (Lipinski definition) is 3. The molecule has 23 heavy (non-hydrogen) atoms. The molecule has 3 nitrogen and oxygen atoms in total. The maximum Gasteiger partial charge on any atom is 0.0715 e. The van der Waals surface area contributed by atoms with Crippen LogP contribution in [-0.4, -0.2) is 5.97 Å². The van der Waals surface area contributed by atoms with E-state index in [2.05, 4.69) is 45.5 Å². The second-order valence-corrected chi connectivity index (χ2v) is 7.04. The van der Waals surface area contributed by atoms with E-state index in [0.717, 1.165) is 22.1 Å². The van der Waals surface area contributed by atoms with E-state index in [9.17, 15) is 9.90 Å². The molecule has 1 N–H and O–H groups in total. The lowest BCUT2D eigenvalue weighted by atomic mass is 9.76. The van der Waals surface area contributed by atoms with Crippen molar-refractivity contribution in [3.05, 3.63) is 75.8 Å². The molecular weight excluding hydrogens is 354 g/mol. The molecule has 0 bridgehead atoms. The summed E-state index contributed by atoms with van der Waals surface area (Å²) in [5, 5.41) is 14.8. The fourth-order valence-corrected chi connectivity index (χ4v) is 4.17. The molecule has 2 aromatic carbocycles. The Morgan fingerprint density at radius 2 is 2.09 bits per heavy atom. The molecule has 0 spiro atoms. The number of carbonyl (C=O) groups is 1. The Hall–Kier alpha value is -2.07. The number of carboxylic acids is 1. The van der Waals surface area contributed by atoms with Crippen LogP contribution in [-0.2, 0) is 0 Å². The standard InChI is InChI=1S/C19H16BrNO2/c20-13-4-1-3-11(9-13)18-15-6-2-5-14(15)16-10-12(19(22)23)7-8-17(16)21-18/h1-5,7-10,14-15,18,21H,6H2,(H,22,23)/p-1/t14-,15-,18-/m0/s1. The molecule has 4 rings (SSSR count). The zero-order valence-corrected chi connectivity index (χ0v) is 13.9. The fourth-order valence-electron chi connectivity index (χ4n) is 3.75. The lowest BCUT2D eigenvalue weighted by molar-refractivity contribution is -0.255. The lowest BCUT2D eigenvalue weighted by Crippen LogP contribution is -2.30. The second-order valence-electron chi connectivity index (χ2n) is 6.12. The normalized spacial score (nSPS) is 24.7. The van der Waals surface area contributed by atoms with Crippen molar-refractivity contribution >= 4 is 27.6 Å². The molecule has 0 radical (unpaired) electrons. The Morgan fingerprint density at radius 3 is 2.87 bits per heavy atom. The van der Waals surface area contributed by atoms with Gasteiger partial charge < -0.3 is 15.2 Å². The number of anilines is 1. The highest BCUT2D eigenvalue weighted by atomic mass is 79.9. The van der Waals surface area contributed by atoms with Crippen molar-refractivity contribution in [2.75, 3.05) is 5.32 Å². The van der Waals surface area contributed by atoms with Crippen LogP contribution in [0.1, 0.15) is 39.9 Å². The van der Waals surface area contributed by atoms with Gasteiger partial charge in [-0.2, -0.15) is 0 Å². The molecule has 2 aliphatic rings. The van der Waals surface area contributed by atoms with Crippen LogP contribution in [0.3, 0.4) is 0 Å². The highest BCUT2D eigenvalue weighted by molar-refractivity contribution is 9.10. The van der Waals surface area contributed by atoms with Crippen LogP contribution >= 0.6 is 15.9 Å². The lowest BCUT2D eigenvalue weighted by Gasteiger charge is -2.38. The van der Waals surface area contributed by atoms with Gasteiger partial charge in [0.05, 0.1) is 12.0 Å². The first kappa shape index (κ1) is 14.5. The zero-order valence-electron chi connectivity index (χ0n) is 12.3. The Labute approximate surface area is 143 Å². The Bertz CT molecular complexity index is 815. The van der Waals surface area contributed by atoms with Crippen LogP contribution in [0.25, 0.3) is 0 Å². The number of allylic oxidation sites excluding steroid dienone is 2. The first-order valence-corrected chi connectivity index (χ1v) is 8.47. The maximum absolute atomic E-state index is 11.1. The van der Waals surface area contributed by atoms with Crippen LogP contribution in [0, 0.1) is 5.92 Å². The number of hydrogen-bond donors (Lipinski definition) is 1. The molecule has 1 aliphatic carbocycles. The summed E-state index contributed by atoms with van der Waals surface area (Å²) >= 11 is 3.54. The first-order valence-electron chi connectivity index (χ1n) is 7.67. The van der Waals surface area contributed by atoms with E-state index in [-0.39, 0.29) is 17.5 Å². The number of nitrogens with one attached hydrogen (secondary N) is 1. The maximum atomic E-state index is 11.1. The summed E-state index contributed by atoms with van der Waals surface area (Å²) in [7, 11) is 0. The third kappa shape index (κ3) is 2.47. The summed E-state index contributed by atoms with van der Waals surface area (Å²) in [4.78, 5) is 11.1. The third-order valence-corrected chi connectivity index (χ3v) is 5.30. The molecule has 1 heterocycles. The summed E-state index contributed by atoms with van der Waals surface area (Å²) in [6.07, 6.45) is 5.39. The zero-order chi connectivity index (χ0) is 16.0. The van der Waals surface area contributed by atoms with Gasteiger partial charge in [0, 0.05) is 16.1 Å². The van der Waals surface area contributed by atoms with Gasteiger partial charge >= 0.3 is 0 Å². The summed E-state index contributed by atoms with van der Waals surface area (Å²) < 4.78 is 1.07. The molecule has 0 fully saturated rings. The van der Waals surface area contributed by atoms with Gasteiger partial charge in [0.2, 0.25) is 0 Å². The van der Waals surface area contributed by atoms with Crippen LogP contribution in [0.2, 0.25) is 0 Å². The predicted molar refractivity (Wildman–Crippen MR) is 91.3 cm³/mol. The fraction of sp³-hybridized carbons (Fsp3) is 0.211. The first-order chi connectivity index (χ1) is 11.1. The van der Waals surface area contributed by atoms with E-state index in [1.165, 1.54) is 5.56 Å². The van der Waals surface area contributed by atoms with Gasteiger partial charge in [-0.25, -0.2) is 0 Å². The molecule has 0 amide bonds. The highest BCUT2D eigenvalue weighted by Crippen LogP contribution is 2.50. The average molecular weight is 369 g/mol. The van der Waals surface area contributed by atoms with Gasteiger partial charge in [-0.1, -0.05) is 46.3 Å². The van der Waals surface area contributed by atoms with Gasteiger partial charge in [0.15, 0.2) is 0 Å². The van der Waals surface area contributed by atoms with Gasteiger partial charge in [-0.15, -0.1) is 0 Å². The van der Waals surface area contributed by atoms with E-state index in [1.807, 2.05) is 18.2 Å². The van der Waals surface area contributed by atoms with Crippen molar-refractivity contribution in [1.29, 1.82) is 0 Å². The highest BCUT2D eigenvalue weighted by Gasteiger charge is 2.37. The van der Waals surface area contributed by atoms with Crippen molar-refractivity contribution in [2.24, 2.45) is 5.92 Å². The minimum Gasteiger partial charge on any atom is -0.545 e. The van der Waals surface area contributed by atoms with E-state index >= 15 is 0 Å². The number of carboxylic acid groups (broad SMARTS) is 1. The van der Waals surface area contributed by atoms with Gasteiger partial charge in [0.25, 0.3) is 0 Å². The van der Waals surface area contributed by atoms with Crippen molar-refractivity contribution in [3.8, 4) is 0 Å². The molecule has 0 saturated carbocycles. The molecule has 0 unspecified atom stereocenters. The largest absolute Gasteiger partial charge is 0.545 e. The Balaban J connectivity index is 1.79. The smallest absolute Gasteiger partial charge is 0.0715 e. The van der Waals surface area contributed by atoms with Crippen LogP contribution < -0.4 is 10.4 Å². The summed E-state index contributed by atoms with van der Waals surface area (Å²) in [6.45, 7) is 0. The molecule has 0 saturated heterocycles. The van der Waals surface area contributed by atoms with Crippen molar-refractivity contribution in [2.45, 2.75) is 18.4 Å². The second kappa shape index (κ2) is 5.53. The van der Waals surface area contributed by atoms with Gasteiger partial charge in [-0.05, 0) is 53.3 Å². The van der Waals surface area contributed by atoms with E-state index in [0.29, 0.717) is 5.92 Å². The monoisotopic (exact) mass is 368 g/mol. The van der Waals surface area contributed by atoms with Crippen LogP contribution in [0.4, 0.5) is 5.69 Å². The minimum absolute atomic E-state index is 0.216. The third-order valence-electron chi connectivity index (χ3n) is 4.81. The summed E-state index contributed by atoms with van der Waals surface area (Å²) in [5.41, 5.74) is 3.54. The van der Waals surface area contributed by atoms with Crippen molar-refractivity contribution in [3.63, 3.8) is 0 Å². The van der Waals surface area contributed by atoms with Crippen LogP contribution in [0.15, 0.2) is 59.1 Å². The molecule has 3 atom stereocenters. The van der Waals surface area contributed by atoms with Gasteiger partial charge in [0.1, 0.15) is 0 Å². The number of carbonyl (C=O) groups excluding carboxylic acids is 1. The van der Waals surface area contributed by atoms with Crippen molar-refractivity contribution in [1.82, 2.24) is 0 Å². The van der Waals surface area contributed by atoms with Gasteiger partial charge in [-0.3, -0.25) is 0 Å². The number of halogens is 1. The molecule has 1 aliphatic heterocycles. The van der Waals surface area contributed by atoms with E-state index in [4.69, 9.17) is 0 Å². The average Bonchev–Trinajstić information content (AvgIpc) is 3.03. The molecule has 2 aromatic rings. The topological polar surface area (TPSA) is 52.2 Å². The minimum atomic E-state index is -1.12. The predicted octanol–water partition coefficient (Wildman–Crippen LogP) is 3.64. The molecule has 4 heteroatoms. The van der Waals surface area contributed by atoms with Crippen molar-refractivity contribution < 1.29 is 9.90 Å². The number of rotatable bonds is 2. The number of aromatic carboxylic acids is 1. The summed E-state index contributed by atoms with van der Waals surface area (Å²) in [5.74, 6) is -0.483. The van der Waals surface area contributed by atoms with E-state index in [1.54, 1.807) is 12.1 Å². The Kier molecular flexibility index (Phi) is 3.49. The van der Waals surface area contributed by atoms with E-state index < -0.39 is 5.97 Å². The molecular formula is C19H15BrNO2-. The number of fused-ring (bicyclic) bond motifs is 3. The molecule has 0 aromatic heterocycles. The SMILES string of the molecule is O=C([O-])c1ccc2c(c1)[C@H]1C=CC[C@@H]1[C@H](c1cccc(Br)c1)N2. The number of benzene rings is 2. The molecule has 116 valence electrons. The quantitative estimate of drug-likeness (QED) is 0.823.